The molecule has 1 fully saturated rings. The Kier molecular flexibility index (Phi) is 6.10. The second-order valence-corrected chi connectivity index (χ2v) is 5.82. The maximum absolute atomic E-state index is 11.5. The van der Waals surface area contributed by atoms with Crippen LogP contribution in [0.25, 0.3) is 0 Å². The van der Waals surface area contributed by atoms with Crippen LogP contribution in [-0.2, 0) is 4.79 Å². The summed E-state index contributed by atoms with van der Waals surface area (Å²) >= 11 is 1.51. The zero-order valence-corrected chi connectivity index (χ0v) is 13.4. The molecule has 1 aliphatic carbocycles. The van der Waals surface area contributed by atoms with Crippen LogP contribution >= 0.6 is 11.8 Å². The first kappa shape index (κ1) is 15.9. The smallest absolute Gasteiger partial charge is 0.223 e. The number of carbonyl (C=O) groups excluding carboxylic acids is 1. The van der Waals surface area contributed by atoms with Gasteiger partial charge in [-0.3, -0.25) is 4.79 Å². The van der Waals surface area contributed by atoms with Crippen LogP contribution in [0.5, 0.6) is 0 Å². The fourth-order valence-corrected chi connectivity index (χ4v) is 2.20. The van der Waals surface area contributed by atoms with Gasteiger partial charge in [0.25, 0.3) is 0 Å². The van der Waals surface area contributed by atoms with E-state index in [1.165, 1.54) is 11.8 Å². The number of rotatable bonds is 9. The molecule has 0 aromatic carbocycles. The summed E-state index contributed by atoms with van der Waals surface area (Å²) < 4.78 is 0. The normalized spacial score (nSPS) is 13.8. The Morgan fingerprint density at radius 1 is 1.24 bits per heavy atom. The molecule has 3 N–H and O–H groups in total. The maximum atomic E-state index is 11.5. The summed E-state index contributed by atoms with van der Waals surface area (Å²) in [5, 5.41) is 10.2. The minimum absolute atomic E-state index is 0.176. The van der Waals surface area contributed by atoms with Crippen molar-refractivity contribution in [3.05, 3.63) is 6.07 Å². The summed E-state index contributed by atoms with van der Waals surface area (Å²) in [7, 11) is 0. The molecule has 0 atom stereocenters. The first-order chi connectivity index (χ1) is 10.2. The summed E-state index contributed by atoms with van der Waals surface area (Å²) in [6, 6.07) is 1.90. The number of aromatic nitrogens is 2. The van der Waals surface area contributed by atoms with Gasteiger partial charge in [0.1, 0.15) is 11.6 Å². The molecule has 1 saturated carbocycles. The molecule has 0 aliphatic heterocycles. The molecule has 1 heterocycles. The number of nitrogens with zero attached hydrogens (tertiary/aromatic N) is 2. The molecule has 7 heteroatoms. The van der Waals surface area contributed by atoms with Gasteiger partial charge in [0.2, 0.25) is 5.91 Å². The summed E-state index contributed by atoms with van der Waals surface area (Å²) in [6.07, 6.45) is 5.08. The fraction of sp³-hybridized carbons (Fsp3) is 0.643. The molecule has 0 unspecified atom stereocenters. The van der Waals surface area contributed by atoms with Crippen LogP contribution in [0.1, 0.15) is 26.2 Å². The van der Waals surface area contributed by atoms with Gasteiger partial charge in [-0.1, -0.05) is 18.7 Å². The van der Waals surface area contributed by atoms with Gasteiger partial charge < -0.3 is 16.0 Å². The van der Waals surface area contributed by atoms with Crippen molar-refractivity contribution in [2.45, 2.75) is 31.3 Å². The van der Waals surface area contributed by atoms with Crippen LogP contribution in [0.4, 0.5) is 11.6 Å². The maximum Gasteiger partial charge on any atom is 0.223 e. The highest BCUT2D eigenvalue weighted by Gasteiger charge is 2.28. The molecule has 2 rings (SSSR count). The quantitative estimate of drug-likeness (QED) is 0.368. The molecular weight excluding hydrogens is 286 g/mol. The van der Waals surface area contributed by atoms with E-state index in [9.17, 15) is 4.79 Å². The Morgan fingerprint density at radius 3 is 2.48 bits per heavy atom. The highest BCUT2D eigenvalue weighted by molar-refractivity contribution is 7.98. The van der Waals surface area contributed by atoms with Crippen LogP contribution in [0.15, 0.2) is 11.2 Å². The van der Waals surface area contributed by atoms with Gasteiger partial charge in [0.05, 0.1) is 0 Å². The van der Waals surface area contributed by atoms with Crippen molar-refractivity contribution >= 4 is 29.3 Å². The minimum Gasteiger partial charge on any atom is -0.370 e. The highest BCUT2D eigenvalue weighted by atomic mass is 32.2. The minimum atomic E-state index is 0.176. The summed E-state index contributed by atoms with van der Waals surface area (Å²) in [6.45, 7) is 4.29. The van der Waals surface area contributed by atoms with E-state index in [0.717, 1.165) is 42.6 Å². The third-order valence-electron chi connectivity index (χ3n) is 3.12. The Morgan fingerprint density at radius 2 is 1.90 bits per heavy atom. The van der Waals surface area contributed by atoms with E-state index in [1.54, 1.807) is 0 Å². The van der Waals surface area contributed by atoms with Crippen molar-refractivity contribution in [3.8, 4) is 0 Å². The van der Waals surface area contributed by atoms with E-state index in [-0.39, 0.29) is 11.8 Å². The topological polar surface area (TPSA) is 78.9 Å². The van der Waals surface area contributed by atoms with Crippen molar-refractivity contribution in [2.24, 2.45) is 5.92 Å². The van der Waals surface area contributed by atoms with Crippen molar-refractivity contribution in [1.82, 2.24) is 15.3 Å². The van der Waals surface area contributed by atoms with Gasteiger partial charge in [-0.05, 0) is 25.5 Å². The molecule has 116 valence electrons. The van der Waals surface area contributed by atoms with Crippen molar-refractivity contribution in [3.63, 3.8) is 0 Å². The van der Waals surface area contributed by atoms with Crippen molar-refractivity contribution < 1.29 is 4.79 Å². The molecule has 1 aromatic heterocycles. The van der Waals surface area contributed by atoms with Gasteiger partial charge in [-0.15, -0.1) is 0 Å². The molecular formula is C14H23N5OS. The second-order valence-electron chi connectivity index (χ2n) is 5.04. The Labute approximate surface area is 129 Å². The lowest BCUT2D eigenvalue weighted by atomic mass is 10.4. The molecule has 0 spiro atoms. The van der Waals surface area contributed by atoms with E-state index in [4.69, 9.17) is 0 Å². The van der Waals surface area contributed by atoms with Crippen LogP contribution < -0.4 is 16.0 Å². The monoisotopic (exact) mass is 309 g/mol. The lowest BCUT2D eigenvalue weighted by Crippen LogP contribution is -2.30. The molecule has 0 saturated heterocycles. The standard InChI is InChI=1S/C14H23N5OS/c1-3-6-15-11-9-12(19-14(18-11)21-2)16-7-8-17-13(20)10-4-5-10/h9-10H,3-8H2,1-2H3,(H,17,20)(H2,15,16,18,19). The number of hydrogen-bond donors (Lipinski definition) is 3. The predicted octanol–water partition coefficient (Wildman–Crippen LogP) is 1.96. The Bertz CT molecular complexity index is 478. The second kappa shape index (κ2) is 8.07. The van der Waals surface area contributed by atoms with Gasteiger partial charge >= 0.3 is 0 Å². The summed E-state index contributed by atoms with van der Waals surface area (Å²) in [4.78, 5) is 20.3. The third kappa shape index (κ3) is 5.41. The number of nitrogens with one attached hydrogen (secondary N) is 3. The first-order valence-electron chi connectivity index (χ1n) is 7.41. The van der Waals surface area contributed by atoms with Crippen LogP contribution in [0.3, 0.4) is 0 Å². The first-order valence-corrected chi connectivity index (χ1v) is 8.64. The zero-order chi connectivity index (χ0) is 15.1. The molecule has 6 nitrogen and oxygen atoms in total. The molecule has 0 bridgehead atoms. The third-order valence-corrected chi connectivity index (χ3v) is 3.67. The van der Waals surface area contributed by atoms with E-state index >= 15 is 0 Å². The summed E-state index contributed by atoms with van der Waals surface area (Å²) in [5.41, 5.74) is 0. The molecule has 0 radical (unpaired) electrons. The largest absolute Gasteiger partial charge is 0.370 e. The lowest BCUT2D eigenvalue weighted by Gasteiger charge is -2.10. The average molecular weight is 309 g/mol. The number of anilines is 2. The van der Waals surface area contributed by atoms with E-state index < -0.39 is 0 Å². The van der Waals surface area contributed by atoms with Gasteiger partial charge in [-0.2, -0.15) is 0 Å². The molecule has 1 aromatic rings. The van der Waals surface area contributed by atoms with Gasteiger partial charge in [0.15, 0.2) is 5.16 Å². The average Bonchev–Trinajstić information content (AvgIpc) is 3.34. The number of thioether (sulfide) groups is 1. The number of hydrogen-bond acceptors (Lipinski definition) is 6. The van der Waals surface area contributed by atoms with Crippen LogP contribution in [-0.4, -0.2) is 41.8 Å². The van der Waals surface area contributed by atoms with Crippen molar-refractivity contribution in [1.29, 1.82) is 0 Å². The van der Waals surface area contributed by atoms with E-state index in [2.05, 4.69) is 32.8 Å². The van der Waals surface area contributed by atoms with Crippen molar-refractivity contribution in [2.75, 3.05) is 36.5 Å². The number of carbonyl (C=O) groups is 1. The van der Waals surface area contributed by atoms with E-state index in [0.29, 0.717) is 13.1 Å². The van der Waals surface area contributed by atoms with E-state index in [1.807, 2.05) is 12.3 Å². The van der Waals surface area contributed by atoms with Crippen LogP contribution in [0.2, 0.25) is 0 Å². The highest BCUT2D eigenvalue weighted by Crippen LogP contribution is 2.28. The zero-order valence-electron chi connectivity index (χ0n) is 12.6. The van der Waals surface area contributed by atoms with Crippen LogP contribution in [0, 0.1) is 5.92 Å². The van der Waals surface area contributed by atoms with Gasteiger partial charge in [-0.25, -0.2) is 9.97 Å². The fourth-order valence-electron chi connectivity index (χ4n) is 1.82. The lowest BCUT2D eigenvalue weighted by molar-refractivity contribution is -0.122. The Hall–Kier alpha value is -1.50. The number of amides is 1. The Balaban J connectivity index is 1.81. The molecule has 1 amide bonds. The predicted molar refractivity (Wildman–Crippen MR) is 86.8 cm³/mol. The molecule has 21 heavy (non-hydrogen) atoms. The molecule has 1 aliphatic rings. The van der Waals surface area contributed by atoms with Gasteiger partial charge in [0, 0.05) is 31.6 Å². The summed E-state index contributed by atoms with van der Waals surface area (Å²) in [5.74, 6) is 2.06. The SMILES string of the molecule is CCCNc1cc(NCCNC(=O)C2CC2)nc(SC)n1.